The minimum absolute atomic E-state index is 0.00434. The molecular formula is C10H8ClNO4. The molecule has 6 heteroatoms. The Kier molecular flexibility index (Phi) is 2.70. The van der Waals surface area contributed by atoms with Crippen molar-refractivity contribution >= 4 is 28.7 Å². The predicted octanol–water partition coefficient (Wildman–Crippen LogP) is 2.28. The Hall–Kier alpha value is -1.75. The molecule has 0 radical (unpaired) electrons. The third-order valence-electron chi connectivity index (χ3n) is 2.07. The first-order valence-electron chi connectivity index (χ1n) is 4.38. The van der Waals surface area contributed by atoms with Crippen LogP contribution in [0.15, 0.2) is 16.5 Å². The van der Waals surface area contributed by atoms with Crippen molar-refractivity contribution in [3.8, 4) is 5.75 Å². The van der Waals surface area contributed by atoms with Gasteiger partial charge in [0, 0.05) is 0 Å². The first-order chi connectivity index (χ1) is 7.65. The zero-order valence-electron chi connectivity index (χ0n) is 8.61. The molecule has 0 saturated carbocycles. The largest absolute Gasteiger partial charge is 0.494 e. The third kappa shape index (κ3) is 1.69. The second-order valence-electron chi connectivity index (χ2n) is 2.98. The van der Waals surface area contributed by atoms with Crippen molar-refractivity contribution in [3.63, 3.8) is 0 Å². The number of fused-ring (bicyclic) bond motifs is 1. The number of halogens is 1. The molecule has 1 heterocycles. The van der Waals surface area contributed by atoms with E-state index in [4.69, 9.17) is 20.8 Å². The van der Waals surface area contributed by atoms with Crippen LogP contribution in [0.25, 0.3) is 11.1 Å². The van der Waals surface area contributed by atoms with E-state index < -0.39 is 5.97 Å². The molecule has 0 aliphatic carbocycles. The minimum Gasteiger partial charge on any atom is -0.494 e. The first-order valence-corrected chi connectivity index (χ1v) is 4.76. The van der Waals surface area contributed by atoms with Gasteiger partial charge in [0.15, 0.2) is 11.1 Å². The zero-order valence-corrected chi connectivity index (χ0v) is 9.37. The van der Waals surface area contributed by atoms with E-state index in [1.165, 1.54) is 26.4 Å². The fraction of sp³-hybridized carbons (Fsp3) is 0.200. The average Bonchev–Trinajstić information content (AvgIpc) is 2.66. The Labute approximate surface area is 95.9 Å². The van der Waals surface area contributed by atoms with Crippen LogP contribution in [0.3, 0.4) is 0 Å². The van der Waals surface area contributed by atoms with Gasteiger partial charge in [0.2, 0.25) is 0 Å². The number of rotatable bonds is 2. The Morgan fingerprint density at radius 1 is 1.44 bits per heavy atom. The summed E-state index contributed by atoms with van der Waals surface area (Å²) in [7, 11) is 2.77. The molecule has 0 aliphatic rings. The quantitative estimate of drug-likeness (QED) is 0.755. The van der Waals surface area contributed by atoms with Gasteiger partial charge >= 0.3 is 5.97 Å². The van der Waals surface area contributed by atoms with Crippen molar-refractivity contribution in [3.05, 3.63) is 23.0 Å². The van der Waals surface area contributed by atoms with Gasteiger partial charge in [-0.05, 0) is 23.7 Å². The Balaban J connectivity index is 2.67. The third-order valence-corrected chi connectivity index (χ3v) is 2.24. The Morgan fingerprint density at radius 3 is 2.81 bits per heavy atom. The highest BCUT2D eigenvalue weighted by Crippen LogP contribution is 2.29. The van der Waals surface area contributed by atoms with Gasteiger partial charge in [-0.25, -0.2) is 4.79 Å². The van der Waals surface area contributed by atoms with Crippen molar-refractivity contribution in [1.29, 1.82) is 0 Å². The van der Waals surface area contributed by atoms with Crippen molar-refractivity contribution in [2.75, 3.05) is 14.2 Å². The fourth-order valence-corrected chi connectivity index (χ4v) is 1.53. The van der Waals surface area contributed by atoms with E-state index in [9.17, 15) is 4.79 Å². The number of aromatic nitrogens is 1. The lowest BCUT2D eigenvalue weighted by molar-refractivity contribution is 0.0600. The lowest BCUT2D eigenvalue weighted by atomic mass is 10.2. The normalized spacial score (nSPS) is 10.4. The number of carbonyl (C=O) groups is 1. The SMILES string of the molecule is COC(=O)c1cc(OC)c2nc(Cl)oc2c1. The highest BCUT2D eigenvalue weighted by molar-refractivity contribution is 6.28. The average molecular weight is 242 g/mol. The predicted molar refractivity (Wildman–Crippen MR) is 56.9 cm³/mol. The number of hydrogen-bond acceptors (Lipinski definition) is 5. The van der Waals surface area contributed by atoms with Gasteiger partial charge in [-0.2, -0.15) is 4.98 Å². The summed E-state index contributed by atoms with van der Waals surface area (Å²) in [4.78, 5) is 15.3. The molecule has 5 nitrogen and oxygen atoms in total. The molecule has 2 rings (SSSR count). The van der Waals surface area contributed by atoms with Crippen LogP contribution in [-0.2, 0) is 4.74 Å². The molecule has 0 atom stereocenters. The summed E-state index contributed by atoms with van der Waals surface area (Å²) >= 11 is 5.63. The number of ether oxygens (including phenoxy) is 2. The van der Waals surface area contributed by atoms with Crippen LogP contribution in [0.2, 0.25) is 5.35 Å². The number of hydrogen-bond donors (Lipinski definition) is 0. The van der Waals surface area contributed by atoms with Crippen LogP contribution in [0.4, 0.5) is 0 Å². The van der Waals surface area contributed by atoms with Crippen molar-refractivity contribution in [1.82, 2.24) is 4.98 Å². The number of esters is 1. The summed E-state index contributed by atoms with van der Waals surface area (Å²) in [6.45, 7) is 0. The van der Waals surface area contributed by atoms with E-state index in [1.54, 1.807) is 0 Å². The molecule has 84 valence electrons. The highest BCUT2D eigenvalue weighted by Gasteiger charge is 2.15. The first kappa shape index (κ1) is 10.8. The van der Waals surface area contributed by atoms with Crippen LogP contribution in [-0.4, -0.2) is 25.2 Å². The van der Waals surface area contributed by atoms with E-state index in [0.29, 0.717) is 22.4 Å². The lowest BCUT2D eigenvalue weighted by Gasteiger charge is -2.03. The summed E-state index contributed by atoms with van der Waals surface area (Å²) in [5.74, 6) is -0.0683. The van der Waals surface area contributed by atoms with E-state index in [1.807, 2.05) is 0 Å². The maximum absolute atomic E-state index is 11.4. The van der Waals surface area contributed by atoms with Gasteiger partial charge < -0.3 is 13.9 Å². The summed E-state index contributed by atoms with van der Waals surface area (Å²) < 4.78 is 14.8. The second kappa shape index (κ2) is 4.02. The summed E-state index contributed by atoms with van der Waals surface area (Å²) in [5.41, 5.74) is 1.17. The van der Waals surface area contributed by atoms with Gasteiger partial charge in [-0.15, -0.1) is 0 Å². The van der Waals surface area contributed by atoms with Gasteiger partial charge in [-0.3, -0.25) is 0 Å². The van der Waals surface area contributed by atoms with E-state index >= 15 is 0 Å². The standard InChI is InChI=1S/C10H8ClNO4/c1-14-6-3-5(9(13)15-2)4-7-8(6)12-10(11)16-7/h3-4H,1-2H3. The van der Waals surface area contributed by atoms with Crippen LogP contribution < -0.4 is 4.74 Å². The van der Waals surface area contributed by atoms with Crippen LogP contribution in [0.1, 0.15) is 10.4 Å². The van der Waals surface area contributed by atoms with E-state index in [0.717, 1.165) is 0 Å². The molecule has 0 fully saturated rings. The number of oxazole rings is 1. The molecule has 0 spiro atoms. The molecule has 16 heavy (non-hydrogen) atoms. The van der Waals surface area contributed by atoms with Crippen molar-refractivity contribution in [2.45, 2.75) is 0 Å². The number of methoxy groups -OCH3 is 2. The lowest BCUT2D eigenvalue weighted by Crippen LogP contribution is -2.01. The van der Waals surface area contributed by atoms with E-state index in [2.05, 4.69) is 9.72 Å². The Morgan fingerprint density at radius 2 is 2.19 bits per heavy atom. The summed E-state index contributed by atoms with van der Waals surface area (Å²) in [6.07, 6.45) is 0. The molecule has 0 aliphatic heterocycles. The monoisotopic (exact) mass is 241 g/mol. The number of benzene rings is 1. The molecular weight excluding hydrogens is 234 g/mol. The maximum atomic E-state index is 11.4. The van der Waals surface area contributed by atoms with Gasteiger partial charge in [-0.1, -0.05) is 0 Å². The summed E-state index contributed by atoms with van der Waals surface area (Å²) in [5, 5.41) is -0.00434. The minimum atomic E-state index is -0.479. The smallest absolute Gasteiger partial charge is 0.338 e. The van der Waals surface area contributed by atoms with Gasteiger partial charge in [0.1, 0.15) is 5.75 Å². The van der Waals surface area contributed by atoms with Gasteiger partial charge in [0.25, 0.3) is 5.35 Å². The van der Waals surface area contributed by atoms with Crippen molar-refractivity contribution < 1.29 is 18.7 Å². The highest BCUT2D eigenvalue weighted by atomic mass is 35.5. The Bertz CT molecular complexity index is 549. The van der Waals surface area contributed by atoms with E-state index in [-0.39, 0.29) is 5.35 Å². The van der Waals surface area contributed by atoms with Gasteiger partial charge in [0.05, 0.1) is 19.8 Å². The van der Waals surface area contributed by atoms with Crippen molar-refractivity contribution in [2.24, 2.45) is 0 Å². The summed E-state index contributed by atoms with van der Waals surface area (Å²) in [6, 6.07) is 3.02. The van der Waals surface area contributed by atoms with Crippen LogP contribution in [0.5, 0.6) is 5.75 Å². The molecule has 0 N–H and O–H groups in total. The molecule has 0 bridgehead atoms. The molecule has 0 unspecified atom stereocenters. The molecule has 2 aromatic rings. The molecule has 1 aromatic carbocycles. The second-order valence-corrected chi connectivity index (χ2v) is 3.31. The van der Waals surface area contributed by atoms with Crippen LogP contribution >= 0.6 is 11.6 Å². The topological polar surface area (TPSA) is 61.6 Å². The molecule has 0 amide bonds. The molecule has 0 saturated heterocycles. The zero-order chi connectivity index (χ0) is 11.7. The maximum Gasteiger partial charge on any atom is 0.338 e. The van der Waals surface area contributed by atoms with Crippen LogP contribution in [0, 0.1) is 0 Å². The number of nitrogens with zero attached hydrogens (tertiary/aromatic N) is 1. The fourth-order valence-electron chi connectivity index (χ4n) is 1.36. The number of carbonyl (C=O) groups excluding carboxylic acids is 1. The molecule has 1 aromatic heterocycles.